The van der Waals surface area contributed by atoms with Crippen molar-refractivity contribution < 1.29 is 9.53 Å². The molecule has 0 spiro atoms. The molecule has 0 aliphatic heterocycles. The lowest BCUT2D eigenvalue weighted by Gasteiger charge is -2.09. The molecule has 0 heterocycles. The fourth-order valence-corrected chi connectivity index (χ4v) is 1.53. The minimum Gasteiger partial charge on any atom is -0.469 e. The fraction of sp³-hybridized carbons (Fsp3) is 0.357. The molecular weight excluding hydrogens is 200 g/mol. The van der Waals surface area contributed by atoms with E-state index in [0.717, 1.165) is 11.1 Å². The fourth-order valence-electron chi connectivity index (χ4n) is 1.53. The van der Waals surface area contributed by atoms with Gasteiger partial charge in [0.15, 0.2) is 0 Å². The summed E-state index contributed by atoms with van der Waals surface area (Å²) in [6.07, 6.45) is 2.10. The third kappa shape index (κ3) is 3.23. The topological polar surface area (TPSA) is 26.3 Å². The standard InChI is InChI=1S/C14H18O2/c1-10(2)9-12-5-7-13(8-6-12)11(3)14(15)16-4/h5-9,11H,1-4H3/t11-/m1/s1. The smallest absolute Gasteiger partial charge is 0.312 e. The Morgan fingerprint density at radius 1 is 1.25 bits per heavy atom. The van der Waals surface area contributed by atoms with E-state index in [1.807, 2.05) is 31.2 Å². The van der Waals surface area contributed by atoms with Crippen LogP contribution in [-0.2, 0) is 9.53 Å². The van der Waals surface area contributed by atoms with E-state index in [4.69, 9.17) is 4.74 Å². The maximum Gasteiger partial charge on any atom is 0.312 e. The molecule has 16 heavy (non-hydrogen) atoms. The van der Waals surface area contributed by atoms with E-state index in [9.17, 15) is 4.79 Å². The second kappa shape index (κ2) is 5.50. The zero-order valence-electron chi connectivity index (χ0n) is 10.3. The van der Waals surface area contributed by atoms with Crippen LogP contribution in [0.3, 0.4) is 0 Å². The third-order valence-electron chi connectivity index (χ3n) is 2.45. The lowest BCUT2D eigenvalue weighted by atomic mass is 9.99. The zero-order valence-corrected chi connectivity index (χ0v) is 10.3. The number of hydrogen-bond donors (Lipinski definition) is 0. The Hall–Kier alpha value is -1.57. The van der Waals surface area contributed by atoms with Crippen LogP contribution in [0.15, 0.2) is 29.8 Å². The largest absolute Gasteiger partial charge is 0.469 e. The van der Waals surface area contributed by atoms with Crippen LogP contribution >= 0.6 is 0 Å². The summed E-state index contributed by atoms with van der Waals surface area (Å²) in [7, 11) is 1.41. The van der Waals surface area contributed by atoms with E-state index in [0.29, 0.717) is 0 Å². The summed E-state index contributed by atoms with van der Waals surface area (Å²) in [5.74, 6) is -0.402. The first-order chi connectivity index (χ1) is 7.54. The summed E-state index contributed by atoms with van der Waals surface area (Å²) in [6, 6.07) is 7.97. The van der Waals surface area contributed by atoms with E-state index in [2.05, 4.69) is 19.9 Å². The number of benzene rings is 1. The van der Waals surface area contributed by atoms with Gasteiger partial charge < -0.3 is 4.74 Å². The average molecular weight is 218 g/mol. The summed E-state index contributed by atoms with van der Waals surface area (Å²) in [5.41, 5.74) is 3.40. The normalized spacial score (nSPS) is 11.8. The van der Waals surface area contributed by atoms with Gasteiger partial charge in [-0.05, 0) is 31.9 Å². The number of esters is 1. The molecule has 0 radical (unpaired) electrons. The van der Waals surface area contributed by atoms with Crippen LogP contribution in [0.4, 0.5) is 0 Å². The van der Waals surface area contributed by atoms with Crippen molar-refractivity contribution in [1.29, 1.82) is 0 Å². The number of methoxy groups -OCH3 is 1. The van der Waals surface area contributed by atoms with Crippen molar-refractivity contribution in [2.75, 3.05) is 7.11 Å². The van der Waals surface area contributed by atoms with E-state index >= 15 is 0 Å². The van der Waals surface area contributed by atoms with Gasteiger partial charge in [0.05, 0.1) is 13.0 Å². The van der Waals surface area contributed by atoms with Crippen LogP contribution in [0.1, 0.15) is 37.8 Å². The Bertz CT molecular complexity index is 384. The summed E-state index contributed by atoms with van der Waals surface area (Å²) in [5, 5.41) is 0. The molecule has 86 valence electrons. The van der Waals surface area contributed by atoms with E-state index in [-0.39, 0.29) is 11.9 Å². The van der Waals surface area contributed by atoms with Gasteiger partial charge in [0.2, 0.25) is 0 Å². The van der Waals surface area contributed by atoms with Crippen LogP contribution in [0.25, 0.3) is 6.08 Å². The van der Waals surface area contributed by atoms with Crippen molar-refractivity contribution in [2.24, 2.45) is 0 Å². The van der Waals surface area contributed by atoms with Crippen molar-refractivity contribution in [1.82, 2.24) is 0 Å². The first-order valence-electron chi connectivity index (χ1n) is 5.37. The molecule has 2 nitrogen and oxygen atoms in total. The van der Waals surface area contributed by atoms with Gasteiger partial charge in [0.25, 0.3) is 0 Å². The second-order valence-electron chi connectivity index (χ2n) is 4.13. The van der Waals surface area contributed by atoms with Crippen molar-refractivity contribution in [3.8, 4) is 0 Å². The summed E-state index contributed by atoms with van der Waals surface area (Å²) < 4.78 is 4.71. The maximum absolute atomic E-state index is 11.3. The molecule has 1 rings (SSSR count). The molecule has 0 aliphatic rings. The molecule has 0 N–H and O–H groups in total. The quantitative estimate of drug-likeness (QED) is 0.727. The van der Waals surface area contributed by atoms with Gasteiger partial charge in [-0.25, -0.2) is 0 Å². The van der Waals surface area contributed by atoms with E-state index in [1.54, 1.807) is 0 Å². The van der Waals surface area contributed by atoms with Crippen molar-refractivity contribution in [3.63, 3.8) is 0 Å². The molecule has 1 aromatic carbocycles. The summed E-state index contributed by atoms with van der Waals surface area (Å²) in [4.78, 5) is 11.3. The number of hydrogen-bond acceptors (Lipinski definition) is 2. The van der Waals surface area contributed by atoms with Crippen LogP contribution in [-0.4, -0.2) is 13.1 Å². The van der Waals surface area contributed by atoms with Crippen LogP contribution in [0.5, 0.6) is 0 Å². The molecule has 2 heteroatoms. The first-order valence-corrected chi connectivity index (χ1v) is 5.37. The van der Waals surface area contributed by atoms with Crippen LogP contribution in [0, 0.1) is 0 Å². The first kappa shape index (κ1) is 12.5. The third-order valence-corrected chi connectivity index (χ3v) is 2.45. The second-order valence-corrected chi connectivity index (χ2v) is 4.13. The van der Waals surface area contributed by atoms with E-state index in [1.165, 1.54) is 12.7 Å². The summed E-state index contributed by atoms with van der Waals surface area (Å²) >= 11 is 0. The molecule has 0 saturated heterocycles. The molecule has 0 bridgehead atoms. The molecule has 1 atom stereocenters. The molecule has 0 aliphatic carbocycles. The van der Waals surface area contributed by atoms with E-state index < -0.39 is 0 Å². The minimum atomic E-state index is -0.203. The number of rotatable bonds is 3. The number of allylic oxidation sites excluding steroid dienone is 1. The minimum absolute atomic E-state index is 0.199. The Kier molecular flexibility index (Phi) is 4.29. The molecule has 0 unspecified atom stereocenters. The number of ether oxygens (including phenoxy) is 1. The highest BCUT2D eigenvalue weighted by Crippen LogP contribution is 2.18. The lowest BCUT2D eigenvalue weighted by molar-refractivity contribution is -0.141. The van der Waals surface area contributed by atoms with Crippen molar-refractivity contribution in [2.45, 2.75) is 26.7 Å². The van der Waals surface area contributed by atoms with Crippen molar-refractivity contribution in [3.05, 3.63) is 41.0 Å². The molecule has 0 fully saturated rings. The number of carbonyl (C=O) groups excluding carboxylic acids is 1. The predicted octanol–water partition coefficient (Wildman–Crippen LogP) is 3.39. The molecule has 0 amide bonds. The molecule has 0 saturated carbocycles. The monoisotopic (exact) mass is 218 g/mol. The number of carbonyl (C=O) groups is 1. The highest BCUT2D eigenvalue weighted by atomic mass is 16.5. The highest BCUT2D eigenvalue weighted by Gasteiger charge is 2.14. The molecule has 1 aromatic rings. The van der Waals surface area contributed by atoms with Gasteiger partial charge >= 0.3 is 5.97 Å². The van der Waals surface area contributed by atoms with Gasteiger partial charge in [0.1, 0.15) is 0 Å². The SMILES string of the molecule is COC(=O)[C@H](C)c1ccc(C=C(C)C)cc1. The highest BCUT2D eigenvalue weighted by molar-refractivity contribution is 5.77. The molecule has 0 aromatic heterocycles. The lowest BCUT2D eigenvalue weighted by Crippen LogP contribution is -2.10. The Balaban J connectivity index is 2.86. The van der Waals surface area contributed by atoms with Crippen molar-refractivity contribution >= 4 is 12.0 Å². The Morgan fingerprint density at radius 3 is 2.25 bits per heavy atom. The van der Waals surface area contributed by atoms with Crippen LogP contribution < -0.4 is 0 Å². The Labute approximate surface area is 96.9 Å². The van der Waals surface area contributed by atoms with Gasteiger partial charge in [-0.2, -0.15) is 0 Å². The van der Waals surface area contributed by atoms with Gasteiger partial charge in [-0.15, -0.1) is 0 Å². The predicted molar refractivity (Wildman–Crippen MR) is 66.2 cm³/mol. The van der Waals surface area contributed by atoms with Gasteiger partial charge in [-0.3, -0.25) is 4.79 Å². The average Bonchev–Trinajstić information content (AvgIpc) is 2.27. The zero-order chi connectivity index (χ0) is 12.1. The maximum atomic E-state index is 11.3. The summed E-state index contributed by atoms with van der Waals surface area (Å²) in [6.45, 7) is 5.97. The Morgan fingerprint density at radius 2 is 1.81 bits per heavy atom. The molecular formula is C14H18O2. The van der Waals surface area contributed by atoms with Crippen LogP contribution in [0.2, 0.25) is 0 Å². The van der Waals surface area contributed by atoms with Gasteiger partial charge in [-0.1, -0.05) is 35.9 Å². The van der Waals surface area contributed by atoms with Gasteiger partial charge in [0, 0.05) is 0 Å².